The van der Waals surface area contributed by atoms with E-state index in [0.717, 1.165) is 12.0 Å². The van der Waals surface area contributed by atoms with Crippen LogP contribution in [0.4, 0.5) is 0 Å². The van der Waals surface area contributed by atoms with E-state index in [-0.39, 0.29) is 18.2 Å². The lowest BCUT2D eigenvalue weighted by Gasteiger charge is -2.32. The SMILES string of the molecule is CC1(C)OB(C(CCc2ccccc2)NC(=O)C(N)CC(=O)N2CCOCC2)OC1(C)C. The quantitative estimate of drug-likeness (QED) is 0.585. The molecule has 0 aromatic heterocycles. The summed E-state index contributed by atoms with van der Waals surface area (Å²) >= 11 is 0. The maximum absolute atomic E-state index is 12.9. The summed E-state index contributed by atoms with van der Waals surface area (Å²) in [6, 6.07) is 9.12. The fourth-order valence-corrected chi connectivity index (χ4v) is 3.81. The van der Waals surface area contributed by atoms with E-state index in [2.05, 4.69) is 17.4 Å². The molecule has 2 atom stereocenters. The van der Waals surface area contributed by atoms with E-state index in [9.17, 15) is 9.59 Å². The molecule has 0 bridgehead atoms. The van der Waals surface area contributed by atoms with Crippen LogP contribution in [0.15, 0.2) is 30.3 Å². The van der Waals surface area contributed by atoms with E-state index in [1.165, 1.54) is 0 Å². The first-order valence-corrected chi connectivity index (χ1v) is 11.4. The highest BCUT2D eigenvalue weighted by Crippen LogP contribution is 2.38. The maximum atomic E-state index is 12.9. The van der Waals surface area contributed by atoms with E-state index in [1.54, 1.807) is 4.90 Å². The minimum Gasteiger partial charge on any atom is -0.402 e. The van der Waals surface area contributed by atoms with Crippen molar-refractivity contribution in [3.63, 3.8) is 0 Å². The van der Waals surface area contributed by atoms with Gasteiger partial charge in [0.1, 0.15) is 0 Å². The van der Waals surface area contributed by atoms with Crippen molar-refractivity contribution in [1.29, 1.82) is 0 Å². The highest BCUT2D eigenvalue weighted by Gasteiger charge is 2.54. The van der Waals surface area contributed by atoms with Gasteiger partial charge >= 0.3 is 7.12 Å². The van der Waals surface area contributed by atoms with Gasteiger partial charge < -0.3 is 30.0 Å². The molecule has 2 amide bonds. The van der Waals surface area contributed by atoms with Crippen LogP contribution in [-0.2, 0) is 30.1 Å². The van der Waals surface area contributed by atoms with E-state index in [1.807, 2.05) is 45.9 Å². The Labute approximate surface area is 191 Å². The molecule has 0 spiro atoms. The van der Waals surface area contributed by atoms with Crippen LogP contribution in [0.3, 0.4) is 0 Å². The van der Waals surface area contributed by atoms with E-state index in [4.69, 9.17) is 19.8 Å². The van der Waals surface area contributed by atoms with Crippen molar-refractivity contribution in [3.8, 4) is 0 Å². The molecule has 0 aliphatic carbocycles. The zero-order valence-corrected chi connectivity index (χ0v) is 19.6. The number of hydrogen-bond acceptors (Lipinski definition) is 6. The standard InChI is InChI=1S/C23H36BN3O5/c1-22(2)23(3,4)32-24(31-22)19(11-10-17-8-6-5-7-9-17)26-21(29)18(25)16-20(28)27-12-14-30-15-13-27/h5-9,18-19H,10-16,25H2,1-4H3,(H,26,29). The minimum absolute atomic E-state index is 0.0411. The lowest BCUT2D eigenvalue weighted by atomic mass is 9.75. The lowest BCUT2D eigenvalue weighted by molar-refractivity contribution is -0.137. The molecule has 2 unspecified atom stereocenters. The number of morpholine rings is 1. The number of nitrogens with one attached hydrogen (secondary N) is 1. The highest BCUT2D eigenvalue weighted by molar-refractivity contribution is 6.48. The molecule has 2 aliphatic rings. The van der Waals surface area contributed by atoms with Gasteiger partial charge in [0, 0.05) is 13.1 Å². The van der Waals surface area contributed by atoms with Crippen molar-refractivity contribution in [2.24, 2.45) is 5.73 Å². The van der Waals surface area contributed by atoms with E-state index < -0.39 is 30.3 Å². The van der Waals surface area contributed by atoms with Gasteiger partial charge in [0.25, 0.3) is 0 Å². The largest absolute Gasteiger partial charge is 0.481 e. The van der Waals surface area contributed by atoms with Gasteiger partial charge in [0.05, 0.1) is 42.8 Å². The van der Waals surface area contributed by atoms with Crippen LogP contribution in [0.1, 0.15) is 46.1 Å². The van der Waals surface area contributed by atoms with Gasteiger partial charge in [-0.15, -0.1) is 0 Å². The molecule has 9 heteroatoms. The van der Waals surface area contributed by atoms with Crippen molar-refractivity contribution < 1.29 is 23.6 Å². The first-order valence-electron chi connectivity index (χ1n) is 11.4. The lowest BCUT2D eigenvalue weighted by Crippen LogP contribution is -2.54. The van der Waals surface area contributed by atoms with Gasteiger partial charge in [-0.1, -0.05) is 30.3 Å². The predicted molar refractivity (Wildman–Crippen MR) is 123 cm³/mol. The molecule has 0 saturated carbocycles. The summed E-state index contributed by atoms with van der Waals surface area (Å²) in [5.41, 5.74) is 6.25. The molecule has 2 fully saturated rings. The zero-order valence-electron chi connectivity index (χ0n) is 19.6. The molecule has 3 rings (SSSR count). The fourth-order valence-electron chi connectivity index (χ4n) is 3.81. The number of hydrogen-bond donors (Lipinski definition) is 2. The van der Waals surface area contributed by atoms with Gasteiger partial charge in [-0.3, -0.25) is 9.59 Å². The number of nitrogens with two attached hydrogens (primary N) is 1. The summed E-state index contributed by atoms with van der Waals surface area (Å²) in [4.78, 5) is 27.1. The average molecular weight is 445 g/mol. The Morgan fingerprint density at radius 3 is 2.28 bits per heavy atom. The van der Waals surface area contributed by atoms with E-state index >= 15 is 0 Å². The third-order valence-electron chi connectivity index (χ3n) is 6.61. The molecule has 0 radical (unpaired) electrons. The molecule has 1 aromatic carbocycles. The average Bonchev–Trinajstić information content (AvgIpc) is 2.99. The monoisotopic (exact) mass is 445 g/mol. The Kier molecular flexibility index (Phi) is 7.98. The topological polar surface area (TPSA) is 103 Å². The summed E-state index contributed by atoms with van der Waals surface area (Å²) < 4.78 is 17.7. The summed E-state index contributed by atoms with van der Waals surface area (Å²) in [6.45, 7) is 10.0. The van der Waals surface area contributed by atoms with Crippen LogP contribution in [-0.4, -0.2) is 73.3 Å². The molecule has 2 heterocycles. The number of rotatable bonds is 8. The number of nitrogens with zero attached hydrogens (tertiary/aromatic N) is 1. The van der Waals surface area contributed by atoms with Crippen molar-refractivity contribution in [1.82, 2.24) is 10.2 Å². The summed E-state index contributed by atoms with van der Waals surface area (Å²) in [5.74, 6) is -0.903. The molecule has 3 N–H and O–H groups in total. The Morgan fingerprint density at radius 2 is 1.69 bits per heavy atom. The van der Waals surface area contributed by atoms with Crippen LogP contribution in [0, 0.1) is 0 Å². The minimum atomic E-state index is -0.938. The number of amides is 2. The van der Waals surface area contributed by atoms with Crippen molar-refractivity contribution in [2.45, 2.75) is 70.1 Å². The molecule has 32 heavy (non-hydrogen) atoms. The van der Waals surface area contributed by atoms with E-state index in [0.29, 0.717) is 32.7 Å². The fraction of sp³-hybridized carbons (Fsp3) is 0.652. The number of carbonyl (C=O) groups excluding carboxylic acids is 2. The van der Waals surface area contributed by atoms with Crippen LogP contribution >= 0.6 is 0 Å². The molecule has 8 nitrogen and oxygen atoms in total. The normalized spacial score (nSPS) is 21.8. The maximum Gasteiger partial charge on any atom is 0.481 e. The second kappa shape index (κ2) is 10.3. The Hall–Kier alpha value is -1.94. The molecular formula is C23H36BN3O5. The first kappa shape index (κ1) is 24.7. The van der Waals surface area contributed by atoms with Crippen molar-refractivity contribution in [2.75, 3.05) is 26.3 Å². The zero-order chi connectivity index (χ0) is 23.4. The Morgan fingerprint density at radius 1 is 1.09 bits per heavy atom. The first-order chi connectivity index (χ1) is 15.1. The van der Waals surface area contributed by atoms with Gasteiger partial charge in [-0.25, -0.2) is 0 Å². The Bertz CT molecular complexity index is 767. The second-order valence-electron chi connectivity index (χ2n) is 9.57. The van der Waals surface area contributed by atoms with Crippen LogP contribution in [0.25, 0.3) is 0 Å². The van der Waals surface area contributed by atoms with Crippen LogP contribution in [0.5, 0.6) is 0 Å². The third-order valence-corrected chi connectivity index (χ3v) is 6.61. The highest BCUT2D eigenvalue weighted by atomic mass is 16.7. The number of benzene rings is 1. The summed E-state index contributed by atoms with van der Waals surface area (Å²) in [7, 11) is -0.602. The molecule has 2 saturated heterocycles. The molecule has 176 valence electrons. The van der Waals surface area contributed by atoms with Crippen molar-refractivity contribution in [3.05, 3.63) is 35.9 Å². The molecular weight excluding hydrogens is 409 g/mol. The molecule has 1 aromatic rings. The third kappa shape index (κ3) is 6.10. The number of carbonyl (C=O) groups is 2. The summed E-state index contributed by atoms with van der Waals surface area (Å²) in [5, 5.41) is 3.00. The second-order valence-corrected chi connectivity index (χ2v) is 9.57. The van der Waals surface area contributed by atoms with Gasteiger partial charge in [0.15, 0.2) is 0 Å². The number of aryl methyl sites for hydroxylation is 1. The molecule has 2 aliphatic heterocycles. The van der Waals surface area contributed by atoms with Crippen LogP contribution < -0.4 is 11.1 Å². The van der Waals surface area contributed by atoms with Crippen LogP contribution in [0.2, 0.25) is 0 Å². The smallest absolute Gasteiger partial charge is 0.402 e. The number of ether oxygens (including phenoxy) is 1. The Balaban J connectivity index is 1.64. The van der Waals surface area contributed by atoms with Gasteiger partial charge in [-0.05, 0) is 46.1 Å². The van der Waals surface area contributed by atoms with Crippen molar-refractivity contribution >= 4 is 18.9 Å². The summed E-state index contributed by atoms with van der Waals surface area (Å²) in [6.07, 6.45) is 1.33. The van der Waals surface area contributed by atoms with Gasteiger partial charge in [0.2, 0.25) is 11.8 Å². The van der Waals surface area contributed by atoms with Gasteiger partial charge in [-0.2, -0.15) is 0 Å². The predicted octanol–water partition coefficient (Wildman–Crippen LogP) is 1.31.